The fraction of sp³-hybridized carbons (Fsp3) is 0. The lowest BCUT2D eigenvalue weighted by Gasteiger charge is -1.95. The van der Waals surface area contributed by atoms with Crippen LogP contribution in [0.1, 0.15) is 0 Å². The monoisotopic (exact) mass is 143 g/mol. The average Bonchev–Trinajstić information content (AvgIpc) is 2.04. The first-order chi connectivity index (χ1) is 5.36. The Morgan fingerprint density at radius 2 is 2.18 bits per heavy atom. The predicted octanol–water partition coefficient (Wildman–Crippen LogP) is 1.62. The number of nitrogen functional groups attached to an aromatic ring is 1. The van der Waals surface area contributed by atoms with E-state index in [1.807, 2.05) is 24.3 Å². The third-order valence-electron chi connectivity index (χ3n) is 1.59. The third-order valence-corrected chi connectivity index (χ3v) is 1.59. The van der Waals surface area contributed by atoms with Gasteiger partial charge in [0, 0.05) is 17.3 Å². The fourth-order valence-corrected chi connectivity index (χ4v) is 1.05. The van der Waals surface area contributed by atoms with Crippen molar-refractivity contribution >= 4 is 16.5 Å². The molecule has 53 valence electrons. The molecule has 0 saturated heterocycles. The van der Waals surface area contributed by atoms with Crippen molar-refractivity contribution in [1.29, 1.82) is 0 Å². The van der Waals surface area contributed by atoms with E-state index >= 15 is 0 Å². The molecule has 2 aromatic rings. The molecule has 1 heterocycles. The Hall–Kier alpha value is -1.57. The molecule has 0 fully saturated rings. The van der Waals surface area contributed by atoms with Gasteiger partial charge in [-0.05, 0) is 23.6 Å². The van der Waals surface area contributed by atoms with E-state index < -0.39 is 0 Å². The first kappa shape index (κ1) is 6.16. The van der Waals surface area contributed by atoms with E-state index in [1.54, 1.807) is 6.20 Å². The average molecular weight is 143 g/mol. The quantitative estimate of drug-likeness (QED) is 0.569. The summed E-state index contributed by atoms with van der Waals surface area (Å²) in [5, 5.41) is 2.08. The van der Waals surface area contributed by atoms with Crippen LogP contribution in [0.15, 0.2) is 30.5 Å². The van der Waals surface area contributed by atoms with E-state index in [4.69, 9.17) is 5.73 Å². The molecule has 0 atom stereocenters. The van der Waals surface area contributed by atoms with Gasteiger partial charge >= 0.3 is 0 Å². The van der Waals surface area contributed by atoms with Crippen LogP contribution in [0, 0.1) is 6.20 Å². The number of nitrogens with two attached hydrogens (primary N) is 1. The highest BCUT2D eigenvalue weighted by molar-refractivity contribution is 5.83. The lowest BCUT2D eigenvalue weighted by atomic mass is 10.2. The highest BCUT2D eigenvalue weighted by Gasteiger charge is 1.91. The van der Waals surface area contributed by atoms with Crippen LogP contribution >= 0.6 is 0 Å². The molecule has 2 heteroatoms. The molecule has 1 radical (unpaired) electrons. The molecule has 2 N–H and O–H groups in total. The molecule has 0 aliphatic rings. The number of hydrogen-bond donors (Lipinski definition) is 1. The van der Waals surface area contributed by atoms with Crippen molar-refractivity contribution in [3.05, 3.63) is 36.7 Å². The number of benzene rings is 1. The molecule has 0 amide bonds. The maximum absolute atomic E-state index is 5.59. The smallest absolute Gasteiger partial charge is 0.0970 e. The van der Waals surface area contributed by atoms with E-state index in [9.17, 15) is 0 Å². The van der Waals surface area contributed by atoms with Crippen LogP contribution < -0.4 is 5.73 Å². The van der Waals surface area contributed by atoms with Crippen molar-refractivity contribution < 1.29 is 0 Å². The van der Waals surface area contributed by atoms with Crippen molar-refractivity contribution in [2.24, 2.45) is 0 Å². The number of aromatic nitrogens is 1. The van der Waals surface area contributed by atoms with Gasteiger partial charge in [-0.25, -0.2) is 0 Å². The van der Waals surface area contributed by atoms with Crippen LogP contribution in [0.5, 0.6) is 0 Å². The standard InChI is InChI=1S/C9H7N2/c10-9-2-1-8-6-11-4-3-7(8)5-9/h1-5H,10H2. The minimum atomic E-state index is 0.775. The fourth-order valence-electron chi connectivity index (χ4n) is 1.05. The summed E-state index contributed by atoms with van der Waals surface area (Å²) in [5.41, 5.74) is 6.36. The SMILES string of the molecule is Nc1ccc2[c]nccc2c1. The summed E-state index contributed by atoms with van der Waals surface area (Å²) in [7, 11) is 0. The Morgan fingerprint density at radius 1 is 1.27 bits per heavy atom. The zero-order valence-corrected chi connectivity index (χ0v) is 5.91. The van der Waals surface area contributed by atoms with Gasteiger partial charge in [0.15, 0.2) is 0 Å². The van der Waals surface area contributed by atoms with E-state index in [1.165, 1.54) is 0 Å². The van der Waals surface area contributed by atoms with Gasteiger partial charge in [-0.1, -0.05) is 6.07 Å². The Morgan fingerprint density at radius 3 is 3.09 bits per heavy atom. The maximum Gasteiger partial charge on any atom is 0.0970 e. The molecule has 1 aromatic heterocycles. The number of rotatable bonds is 0. The molecule has 2 nitrogen and oxygen atoms in total. The normalized spacial score (nSPS) is 10.2. The van der Waals surface area contributed by atoms with Gasteiger partial charge in [-0.3, -0.25) is 4.98 Å². The van der Waals surface area contributed by atoms with Crippen LogP contribution in [0.2, 0.25) is 0 Å². The van der Waals surface area contributed by atoms with Crippen molar-refractivity contribution in [2.75, 3.05) is 5.73 Å². The van der Waals surface area contributed by atoms with Gasteiger partial charge in [0.05, 0.1) is 6.20 Å². The number of hydrogen-bond acceptors (Lipinski definition) is 2. The van der Waals surface area contributed by atoms with Crippen LogP contribution in [-0.4, -0.2) is 4.98 Å². The van der Waals surface area contributed by atoms with Gasteiger partial charge in [0.25, 0.3) is 0 Å². The van der Waals surface area contributed by atoms with Crippen LogP contribution in [-0.2, 0) is 0 Å². The minimum Gasteiger partial charge on any atom is -0.399 e. The number of fused-ring (bicyclic) bond motifs is 1. The Labute approximate surface area is 64.7 Å². The second-order valence-electron chi connectivity index (χ2n) is 2.40. The molecule has 0 unspecified atom stereocenters. The number of anilines is 1. The molecule has 1 aromatic carbocycles. The molecule has 2 rings (SSSR count). The second-order valence-corrected chi connectivity index (χ2v) is 2.40. The number of nitrogens with zero attached hydrogens (tertiary/aromatic N) is 1. The zero-order valence-electron chi connectivity index (χ0n) is 5.91. The predicted molar refractivity (Wildman–Crippen MR) is 45.0 cm³/mol. The van der Waals surface area contributed by atoms with Crippen LogP contribution in [0.4, 0.5) is 5.69 Å². The summed E-state index contributed by atoms with van der Waals surface area (Å²) < 4.78 is 0. The molecule has 0 saturated carbocycles. The summed E-state index contributed by atoms with van der Waals surface area (Å²) in [4.78, 5) is 3.88. The molecule has 0 aliphatic heterocycles. The Kier molecular flexibility index (Phi) is 1.25. The summed E-state index contributed by atoms with van der Waals surface area (Å²) in [6.45, 7) is 0. The summed E-state index contributed by atoms with van der Waals surface area (Å²) in [6, 6.07) is 7.59. The first-order valence-electron chi connectivity index (χ1n) is 3.38. The van der Waals surface area contributed by atoms with Crippen molar-refractivity contribution in [3.8, 4) is 0 Å². The first-order valence-corrected chi connectivity index (χ1v) is 3.38. The topological polar surface area (TPSA) is 38.9 Å². The molecular formula is C9H7N2. The number of pyridine rings is 1. The lowest BCUT2D eigenvalue weighted by Crippen LogP contribution is -1.83. The van der Waals surface area contributed by atoms with Crippen LogP contribution in [0.25, 0.3) is 10.8 Å². The van der Waals surface area contributed by atoms with Crippen molar-refractivity contribution in [2.45, 2.75) is 0 Å². The Balaban J connectivity index is 2.83. The summed E-state index contributed by atoms with van der Waals surface area (Å²) >= 11 is 0. The van der Waals surface area contributed by atoms with Crippen LogP contribution in [0.3, 0.4) is 0 Å². The van der Waals surface area contributed by atoms with Gasteiger partial charge in [-0.15, -0.1) is 0 Å². The molecular weight excluding hydrogens is 136 g/mol. The van der Waals surface area contributed by atoms with E-state index in [2.05, 4.69) is 11.2 Å². The van der Waals surface area contributed by atoms with Gasteiger partial charge in [0.1, 0.15) is 0 Å². The zero-order chi connectivity index (χ0) is 7.68. The molecule has 0 spiro atoms. The molecule has 0 aliphatic carbocycles. The lowest BCUT2D eigenvalue weighted by molar-refractivity contribution is 1.35. The highest BCUT2D eigenvalue weighted by atomic mass is 14.6. The highest BCUT2D eigenvalue weighted by Crippen LogP contribution is 2.14. The van der Waals surface area contributed by atoms with Gasteiger partial charge in [-0.2, -0.15) is 0 Å². The van der Waals surface area contributed by atoms with Gasteiger partial charge < -0.3 is 5.73 Å². The minimum absolute atomic E-state index is 0.775. The second kappa shape index (κ2) is 2.23. The summed E-state index contributed by atoms with van der Waals surface area (Å²) in [6.07, 6.45) is 4.58. The molecule has 11 heavy (non-hydrogen) atoms. The van der Waals surface area contributed by atoms with E-state index in [0.29, 0.717) is 0 Å². The Bertz CT molecular complexity index is 382. The third kappa shape index (κ3) is 1.03. The summed E-state index contributed by atoms with van der Waals surface area (Å²) in [5.74, 6) is 0. The van der Waals surface area contributed by atoms with Crippen molar-refractivity contribution in [1.82, 2.24) is 4.98 Å². The largest absolute Gasteiger partial charge is 0.399 e. The van der Waals surface area contributed by atoms with Crippen molar-refractivity contribution in [3.63, 3.8) is 0 Å². The van der Waals surface area contributed by atoms with E-state index in [-0.39, 0.29) is 0 Å². The van der Waals surface area contributed by atoms with E-state index in [0.717, 1.165) is 16.5 Å². The molecule has 0 bridgehead atoms. The van der Waals surface area contributed by atoms with Gasteiger partial charge in [0.2, 0.25) is 0 Å². The maximum atomic E-state index is 5.59.